The molecule has 0 aromatic carbocycles. The van der Waals surface area contributed by atoms with E-state index in [1.165, 1.54) is 12.2 Å². The van der Waals surface area contributed by atoms with Gasteiger partial charge in [0.2, 0.25) is 0 Å². The molecule has 1 aliphatic rings. The average molecular weight is 230 g/mol. The van der Waals surface area contributed by atoms with Crippen LogP contribution in [-0.2, 0) is 9.53 Å². The molecule has 0 amide bonds. The van der Waals surface area contributed by atoms with Crippen LogP contribution in [0.15, 0.2) is 12.2 Å². The molecule has 0 aromatic rings. The van der Waals surface area contributed by atoms with Crippen LogP contribution in [0.2, 0.25) is 0 Å². The van der Waals surface area contributed by atoms with Crippen LogP contribution in [0, 0.1) is 5.41 Å². The smallest absolute Gasteiger partial charge is 0.311 e. The molecule has 0 spiro atoms. The lowest BCUT2D eigenvalue weighted by Crippen LogP contribution is -2.48. The zero-order chi connectivity index (χ0) is 12.5. The summed E-state index contributed by atoms with van der Waals surface area (Å²) in [6.07, 6.45) is -1.98. The van der Waals surface area contributed by atoms with E-state index < -0.39 is 35.8 Å². The molecule has 5 heteroatoms. The van der Waals surface area contributed by atoms with Crippen molar-refractivity contribution >= 4 is 5.97 Å². The van der Waals surface area contributed by atoms with Crippen LogP contribution in [0.1, 0.15) is 20.8 Å². The van der Waals surface area contributed by atoms with Gasteiger partial charge in [0.05, 0.1) is 5.41 Å². The average Bonchev–Trinajstić information content (AvgIpc) is 2.17. The number of carbonyl (C=O) groups is 1. The van der Waals surface area contributed by atoms with Gasteiger partial charge in [-0.05, 0) is 26.8 Å². The number of hydrogen-bond acceptors (Lipinski definition) is 5. The van der Waals surface area contributed by atoms with Crippen molar-refractivity contribution in [2.24, 2.45) is 5.41 Å². The minimum atomic E-state index is -1.33. The highest BCUT2D eigenvalue weighted by Gasteiger charge is 2.36. The number of ether oxygens (including phenoxy) is 1. The summed E-state index contributed by atoms with van der Waals surface area (Å²) >= 11 is 0. The molecule has 0 unspecified atom stereocenters. The third kappa shape index (κ3) is 2.81. The maximum atomic E-state index is 11.6. The number of carbonyl (C=O) groups excluding carboxylic acids is 1. The molecule has 0 bridgehead atoms. The Morgan fingerprint density at radius 1 is 1.12 bits per heavy atom. The highest BCUT2D eigenvalue weighted by atomic mass is 16.6. The van der Waals surface area contributed by atoms with E-state index in [1.807, 2.05) is 0 Å². The predicted octanol–water partition coefficient (Wildman–Crippen LogP) is -0.403. The molecule has 1 aliphatic carbocycles. The van der Waals surface area contributed by atoms with Gasteiger partial charge < -0.3 is 20.1 Å². The van der Waals surface area contributed by atoms with E-state index >= 15 is 0 Å². The topological polar surface area (TPSA) is 87.0 Å². The standard InChI is InChI=1S/C11H18O5/c1-11(2,3)10(15)16-7-5-4-6(12)8(13)9(7)14/h4-9,12-14H,1-3H3/t6-,7-,8+,9+/m1/s1. The molecule has 16 heavy (non-hydrogen) atoms. The highest BCUT2D eigenvalue weighted by molar-refractivity contribution is 5.75. The molecule has 3 N–H and O–H groups in total. The Morgan fingerprint density at radius 2 is 1.69 bits per heavy atom. The van der Waals surface area contributed by atoms with Crippen molar-refractivity contribution in [3.63, 3.8) is 0 Å². The Hall–Kier alpha value is -0.910. The van der Waals surface area contributed by atoms with Crippen LogP contribution in [0.3, 0.4) is 0 Å². The van der Waals surface area contributed by atoms with Crippen molar-refractivity contribution in [3.05, 3.63) is 12.2 Å². The molecule has 92 valence electrons. The second-order valence-electron chi connectivity index (χ2n) is 4.98. The summed E-state index contributed by atoms with van der Waals surface area (Å²) in [5.41, 5.74) is -0.672. The third-order valence-electron chi connectivity index (χ3n) is 2.39. The van der Waals surface area contributed by atoms with Crippen molar-refractivity contribution in [1.29, 1.82) is 0 Å². The quantitative estimate of drug-likeness (QED) is 0.421. The summed E-state index contributed by atoms with van der Waals surface area (Å²) in [7, 11) is 0. The Bertz CT molecular complexity index is 291. The molecule has 5 nitrogen and oxygen atoms in total. The van der Waals surface area contributed by atoms with Gasteiger partial charge in [0.25, 0.3) is 0 Å². The number of esters is 1. The lowest BCUT2D eigenvalue weighted by molar-refractivity contribution is -0.168. The van der Waals surface area contributed by atoms with E-state index in [9.17, 15) is 20.1 Å². The summed E-state index contributed by atoms with van der Waals surface area (Å²) < 4.78 is 5.04. The molecule has 0 aromatic heterocycles. The molecule has 0 radical (unpaired) electrons. The Labute approximate surface area is 94.4 Å². The number of aliphatic hydroxyl groups is 3. The summed E-state index contributed by atoms with van der Waals surface area (Å²) in [4.78, 5) is 11.6. The Kier molecular flexibility index (Phi) is 3.72. The molecular weight excluding hydrogens is 212 g/mol. The van der Waals surface area contributed by atoms with Crippen LogP contribution < -0.4 is 0 Å². The van der Waals surface area contributed by atoms with Gasteiger partial charge in [-0.1, -0.05) is 6.08 Å². The fraction of sp³-hybridized carbons (Fsp3) is 0.727. The van der Waals surface area contributed by atoms with Crippen LogP contribution in [0.4, 0.5) is 0 Å². The second-order valence-corrected chi connectivity index (χ2v) is 4.98. The first-order valence-electron chi connectivity index (χ1n) is 5.17. The molecule has 0 saturated carbocycles. The van der Waals surface area contributed by atoms with Crippen molar-refractivity contribution < 1.29 is 24.9 Å². The molecule has 4 atom stereocenters. The fourth-order valence-corrected chi connectivity index (χ4v) is 1.26. The number of hydrogen-bond donors (Lipinski definition) is 3. The first-order chi connectivity index (χ1) is 7.23. The van der Waals surface area contributed by atoms with E-state index in [2.05, 4.69) is 0 Å². The van der Waals surface area contributed by atoms with Crippen LogP contribution in [0.5, 0.6) is 0 Å². The molecule has 1 rings (SSSR count). The minimum Gasteiger partial charge on any atom is -0.455 e. The monoisotopic (exact) mass is 230 g/mol. The molecule has 0 fully saturated rings. The zero-order valence-corrected chi connectivity index (χ0v) is 9.62. The van der Waals surface area contributed by atoms with Gasteiger partial charge in [-0.2, -0.15) is 0 Å². The molecule has 0 saturated heterocycles. The Morgan fingerprint density at radius 3 is 2.19 bits per heavy atom. The SMILES string of the molecule is CC(C)(C)C(=O)O[C@@H]1C=C[C@@H](O)[C@H](O)[C@H]1O. The fourth-order valence-electron chi connectivity index (χ4n) is 1.26. The van der Waals surface area contributed by atoms with Gasteiger partial charge in [-0.15, -0.1) is 0 Å². The first kappa shape index (κ1) is 13.2. The Balaban J connectivity index is 2.69. The lowest BCUT2D eigenvalue weighted by atomic mass is 9.94. The van der Waals surface area contributed by atoms with E-state index in [4.69, 9.17) is 4.74 Å². The maximum Gasteiger partial charge on any atom is 0.311 e. The maximum absolute atomic E-state index is 11.6. The minimum absolute atomic E-state index is 0.468. The van der Waals surface area contributed by atoms with Gasteiger partial charge in [0.15, 0.2) is 0 Å². The molecule has 0 aliphatic heterocycles. The van der Waals surface area contributed by atoms with Crippen molar-refractivity contribution in [1.82, 2.24) is 0 Å². The van der Waals surface area contributed by atoms with Gasteiger partial charge in [0.1, 0.15) is 24.4 Å². The van der Waals surface area contributed by atoms with Crippen LogP contribution in [-0.4, -0.2) is 45.7 Å². The lowest BCUT2D eigenvalue weighted by Gasteiger charge is -2.31. The van der Waals surface area contributed by atoms with Gasteiger partial charge >= 0.3 is 5.97 Å². The predicted molar refractivity (Wildman–Crippen MR) is 56.5 cm³/mol. The normalized spacial score (nSPS) is 34.9. The second kappa shape index (κ2) is 4.53. The summed E-state index contributed by atoms with van der Waals surface area (Å²) in [5, 5.41) is 28.2. The first-order valence-corrected chi connectivity index (χ1v) is 5.17. The largest absolute Gasteiger partial charge is 0.455 e. The summed E-state index contributed by atoms with van der Waals surface area (Å²) in [5.74, 6) is -0.468. The summed E-state index contributed by atoms with van der Waals surface area (Å²) in [6, 6.07) is 0. The highest BCUT2D eigenvalue weighted by Crippen LogP contribution is 2.21. The van der Waals surface area contributed by atoms with Gasteiger partial charge in [-0.3, -0.25) is 4.79 Å². The van der Waals surface area contributed by atoms with Crippen molar-refractivity contribution in [2.45, 2.75) is 45.2 Å². The van der Waals surface area contributed by atoms with E-state index in [-0.39, 0.29) is 0 Å². The molecular formula is C11H18O5. The van der Waals surface area contributed by atoms with E-state index in [0.717, 1.165) is 0 Å². The van der Waals surface area contributed by atoms with Crippen molar-refractivity contribution in [3.8, 4) is 0 Å². The van der Waals surface area contributed by atoms with Gasteiger partial charge in [0, 0.05) is 0 Å². The van der Waals surface area contributed by atoms with E-state index in [1.54, 1.807) is 20.8 Å². The summed E-state index contributed by atoms with van der Waals surface area (Å²) in [6.45, 7) is 5.08. The van der Waals surface area contributed by atoms with Crippen LogP contribution >= 0.6 is 0 Å². The van der Waals surface area contributed by atoms with Crippen LogP contribution in [0.25, 0.3) is 0 Å². The molecule has 0 heterocycles. The third-order valence-corrected chi connectivity index (χ3v) is 2.39. The number of rotatable bonds is 1. The zero-order valence-electron chi connectivity index (χ0n) is 9.62. The van der Waals surface area contributed by atoms with Gasteiger partial charge in [-0.25, -0.2) is 0 Å². The van der Waals surface area contributed by atoms with E-state index in [0.29, 0.717) is 0 Å². The van der Waals surface area contributed by atoms with Crippen molar-refractivity contribution in [2.75, 3.05) is 0 Å². The number of aliphatic hydroxyl groups excluding tert-OH is 3.